The molecule has 0 radical (unpaired) electrons. The Hall–Kier alpha value is -1.46. The summed E-state index contributed by atoms with van der Waals surface area (Å²) in [6.07, 6.45) is 11.1. The Morgan fingerprint density at radius 3 is 2.42 bits per heavy atom. The van der Waals surface area contributed by atoms with Crippen molar-refractivity contribution in [2.45, 2.75) is 59.0 Å². The van der Waals surface area contributed by atoms with E-state index >= 15 is 0 Å². The molecule has 0 aliphatic heterocycles. The average molecular weight is 387 g/mol. The largest absolute Gasteiger partial charge is 0.443 e. The number of hydrogen-bond acceptors (Lipinski definition) is 1. The highest BCUT2D eigenvalue weighted by Crippen LogP contribution is 2.28. The molecule has 0 amide bonds. The van der Waals surface area contributed by atoms with Crippen LogP contribution in [0.15, 0.2) is 52.0 Å². The van der Waals surface area contributed by atoms with Gasteiger partial charge in [-0.25, -0.2) is 0 Å². The van der Waals surface area contributed by atoms with Crippen LogP contribution in [0, 0.1) is 17.9 Å². The first-order valence-electron chi connectivity index (χ1n) is 8.76. The molecule has 128 valence electrons. The fourth-order valence-corrected chi connectivity index (χ4v) is 3.36. The van der Waals surface area contributed by atoms with Gasteiger partial charge in [0, 0.05) is 0 Å². The van der Waals surface area contributed by atoms with Gasteiger partial charge < -0.3 is 4.74 Å². The third-order valence-electron chi connectivity index (χ3n) is 4.69. The van der Waals surface area contributed by atoms with Crippen molar-refractivity contribution in [1.29, 1.82) is 0 Å². The van der Waals surface area contributed by atoms with Crippen molar-refractivity contribution in [2.75, 3.05) is 0 Å². The summed E-state index contributed by atoms with van der Waals surface area (Å²) in [6, 6.07) is 10.8. The normalized spacial score (nSPS) is 20.8. The van der Waals surface area contributed by atoms with Crippen LogP contribution in [0.3, 0.4) is 0 Å². The van der Waals surface area contributed by atoms with Gasteiger partial charge in [-0.1, -0.05) is 41.5 Å². The van der Waals surface area contributed by atoms with E-state index in [9.17, 15) is 0 Å². The smallest absolute Gasteiger partial charge is 0.116 e. The average Bonchev–Trinajstić information content (AvgIpc) is 2.57. The van der Waals surface area contributed by atoms with Crippen molar-refractivity contribution in [3.63, 3.8) is 0 Å². The molecule has 0 atom stereocenters. The highest BCUT2D eigenvalue weighted by atomic mass is 79.9. The highest BCUT2D eigenvalue weighted by molar-refractivity contribution is 9.12. The van der Waals surface area contributed by atoms with Gasteiger partial charge in [-0.3, -0.25) is 0 Å². The van der Waals surface area contributed by atoms with E-state index in [0.29, 0.717) is 0 Å². The molecule has 0 bridgehead atoms. The molecule has 0 spiro atoms. The number of ether oxygens (including phenoxy) is 1. The molecule has 2 rings (SSSR count). The van der Waals surface area contributed by atoms with E-state index in [1.807, 2.05) is 6.08 Å². The molecule has 0 saturated heterocycles. The molecule has 2 heteroatoms. The number of halogens is 1. The molecule has 1 saturated carbocycles. The van der Waals surface area contributed by atoms with E-state index in [0.717, 1.165) is 23.2 Å². The van der Waals surface area contributed by atoms with Crippen LogP contribution >= 0.6 is 15.9 Å². The maximum atomic E-state index is 5.75. The summed E-state index contributed by atoms with van der Waals surface area (Å²) in [5, 5.41) is 0. The first-order valence-corrected chi connectivity index (χ1v) is 9.55. The predicted octanol–water partition coefficient (Wildman–Crippen LogP) is 6.40. The monoisotopic (exact) mass is 386 g/mol. The van der Waals surface area contributed by atoms with Crippen LogP contribution in [0.1, 0.15) is 52.0 Å². The lowest BCUT2D eigenvalue weighted by Crippen LogP contribution is -2.21. The van der Waals surface area contributed by atoms with E-state index in [1.54, 1.807) is 0 Å². The first kappa shape index (κ1) is 18.9. The van der Waals surface area contributed by atoms with Gasteiger partial charge in [0.2, 0.25) is 0 Å². The quantitative estimate of drug-likeness (QED) is 0.429. The molecule has 0 unspecified atom stereocenters. The van der Waals surface area contributed by atoms with Gasteiger partial charge in [0.25, 0.3) is 0 Å². The van der Waals surface area contributed by atoms with Crippen LogP contribution < -0.4 is 0 Å². The lowest BCUT2D eigenvalue weighted by molar-refractivity contribution is 0.104. The van der Waals surface area contributed by atoms with Crippen molar-refractivity contribution in [1.82, 2.24) is 0 Å². The Morgan fingerprint density at radius 1 is 1.12 bits per heavy atom. The van der Waals surface area contributed by atoms with Crippen molar-refractivity contribution < 1.29 is 4.74 Å². The molecule has 1 fully saturated rings. The first-order chi connectivity index (χ1) is 11.5. The van der Waals surface area contributed by atoms with Gasteiger partial charge in [-0.15, -0.1) is 0 Å². The Morgan fingerprint density at radius 2 is 1.79 bits per heavy atom. The highest BCUT2D eigenvalue weighted by Gasteiger charge is 2.21. The van der Waals surface area contributed by atoms with Gasteiger partial charge >= 0.3 is 0 Å². The van der Waals surface area contributed by atoms with E-state index < -0.39 is 0 Å². The molecule has 0 N–H and O–H groups in total. The lowest BCUT2D eigenvalue weighted by Gasteiger charge is -2.27. The zero-order valence-corrected chi connectivity index (χ0v) is 16.5. The fraction of sp³-hybridized carbons (Fsp3) is 0.455. The SMILES string of the molecule is CC(C)=C(C)/C=C(/Br)C#COC1CCC(Cc2ccccc2)CC1. The molecule has 1 aliphatic carbocycles. The second-order valence-corrected chi connectivity index (χ2v) is 7.71. The van der Waals surface area contributed by atoms with Crippen LogP contribution in [0.2, 0.25) is 0 Å². The molecule has 24 heavy (non-hydrogen) atoms. The van der Waals surface area contributed by atoms with E-state index in [1.165, 1.54) is 36.0 Å². The van der Waals surface area contributed by atoms with Crippen LogP contribution in [0.5, 0.6) is 0 Å². The molecule has 0 heterocycles. The summed E-state index contributed by atoms with van der Waals surface area (Å²) in [5.41, 5.74) is 3.98. The van der Waals surface area contributed by atoms with Crippen LogP contribution in [0.4, 0.5) is 0 Å². The Balaban J connectivity index is 1.76. The molecule has 1 aromatic carbocycles. The predicted molar refractivity (Wildman–Crippen MR) is 106 cm³/mol. The van der Waals surface area contributed by atoms with Crippen molar-refractivity contribution in [3.8, 4) is 12.0 Å². The third kappa shape index (κ3) is 6.57. The summed E-state index contributed by atoms with van der Waals surface area (Å²) < 4.78 is 6.62. The number of hydrogen-bond donors (Lipinski definition) is 0. The number of benzene rings is 1. The van der Waals surface area contributed by atoms with E-state index in [-0.39, 0.29) is 6.10 Å². The zero-order chi connectivity index (χ0) is 17.4. The van der Waals surface area contributed by atoms with Crippen molar-refractivity contribution in [2.24, 2.45) is 5.92 Å². The van der Waals surface area contributed by atoms with Gasteiger partial charge in [-0.05, 0) is 92.3 Å². The minimum atomic E-state index is 0.286. The molecule has 0 aromatic heterocycles. The number of allylic oxidation sites excluding steroid dienone is 4. The number of rotatable bonds is 4. The molecule has 1 aromatic rings. The van der Waals surface area contributed by atoms with Gasteiger partial charge in [0.05, 0.1) is 4.48 Å². The third-order valence-corrected chi connectivity index (χ3v) is 5.12. The minimum Gasteiger partial charge on any atom is -0.443 e. The summed E-state index contributed by atoms with van der Waals surface area (Å²) >= 11 is 3.49. The van der Waals surface area contributed by atoms with Crippen LogP contribution in [0.25, 0.3) is 0 Å². The summed E-state index contributed by atoms with van der Waals surface area (Å²) in [7, 11) is 0. The van der Waals surface area contributed by atoms with Crippen LogP contribution in [-0.4, -0.2) is 6.10 Å². The van der Waals surface area contributed by atoms with E-state index in [2.05, 4.69) is 79.1 Å². The maximum absolute atomic E-state index is 5.75. The standard InChI is InChI=1S/C22H27BrO/c1-17(2)18(3)15-21(23)13-14-24-22-11-9-20(10-12-22)16-19-7-5-4-6-8-19/h4-8,15,20,22H,9-12,16H2,1-3H3/b21-15+. The maximum Gasteiger partial charge on any atom is 0.116 e. The second kappa shape index (κ2) is 9.74. The van der Waals surface area contributed by atoms with Crippen molar-refractivity contribution >= 4 is 15.9 Å². The molecule has 1 nitrogen and oxygen atoms in total. The van der Waals surface area contributed by atoms with Gasteiger partial charge in [0.15, 0.2) is 0 Å². The Kier molecular flexibility index (Phi) is 7.66. The topological polar surface area (TPSA) is 9.23 Å². The fourth-order valence-electron chi connectivity index (χ4n) is 2.93. The van der Waals surface area contributed by atoms with Crippen LogP contribution in [-0.2, 0) is 11.2 Å². The molecular formula is C22H27BrO. The van der Waals surface area contributed by atoms with Gasteiger partial charge in [0.1, 0.15) is 12.2 Å². The molecule has 1 aliphatic rings. The van der Waals surface area contributed by atoms with Crippen molar-refractivity contribution in [3.05, 3.63) is 57.6 Å². The Bertz CT molecular complexity index is 634. The Labute approximate surface area is 155 Å². The zero-order valence-electron chi connectivity index (χ0n) is 14.9. The minimum absolute atomic E-state index is 0.286. The summed E-state index contributed by atoms with van der Waals surface area (Å²) in [4.78, 5) is 0. The van der Waals surface area contributed by atoms with E-state index in [4.69, 9.17) is 4.74 Å². The summed E-state index contributed by atoms with van der Waals surface area (Å²) in [6.45, 7) is 6.29. The second-order valence-electron chi connectivity index (χ2n) is 6.85. The van der Waals surface area contributed by atoms with Gasteiger partial charge in [-0.2, -0.15) is 0 Å². The lowest BCUT2D eigenvalue weighted by atomic mass is 9.83. The molecular weight excluding hydrogens is 360 g/mol. The summed E-state index contributed by atoms with van der Waals surface area (Å²) in [5.74, 6) is 3.82.